The van der Waals surface area contributed by atoms with Gasteiger partial charge in [0.05, 0.1) is 12.8 Å². The van der Waals surface area contributed by atoms with Gasteiger partial charge in [0.25, 0.3) is 0 Å². The fourth-order valence-electron chi connectivity index (χ4n) is 2.02. The van der Waals surface area contributed by atoms with E-state index in [4.69, 9.17) is 10.5 Å². The van der Waals surface area contributed by atoms with Crippen molar-refractivity contribution in [3.63, 3.8) is 0 Å². The lowest BCUT2D eigenvalue weighted by atomic mass is 10.1. The van der Waals surface area contributed by atoms with Crippen molar-refractivity contribution in [2.24, 2.45) is 0 Å². The van der Waals surface area contributed by atoms with Gasteiger partial charge in [0, 0.05) is 12.2 Å². The molecule has 3 heteroatoms. The standard InChI is InChI=1S/C16H20N2O/c1-19-16-10-9-13(12-15(16)17)6-5-11-18-14-7-3-2-4-8-14/h2-4,7-10,12,18H,5-6,11,17H2,1H3. The van der Waals surface area contributed by atoms with Crippen molar-refractivity contribution in [3.05, 3.63) is 54.1 Å². The monoisotopic (exact) mass is 256 g/mol. The average Bonchev–Trinajstić information content (AvgIpc) is 2.45. The van der Waals surface area contributed by atoms with Crippen LogP contribution in [0.1, 0.15) is 12.0 Å². The highest BCUT2D eigenvalue weighted by molar-refractivity contribution is 5.54. The number of anilines is 2. The first-order valence-corrected chi connectivity index (χ1v) is 6.51. The van der Waals surface area contributed by atoms with E-state index >= 15 is 0 Å². The van der Waals surface area contributed by atoms with Crippen molar-refractivity contribution in [1.82, 2.24) is 0 Å². The fourth-order valence-corrected chi connectivity index (χ4v) is 2.02. The van der Waals surface area contributed by atoms with Crippen LogP contribution in [0.15, 0.2) is 48.5 Å². The van der Waals surface area contributed by atoms with Gasteiger partial charge in [-0.2, -0.15) is 0 Å². The first kappa shape index (κ1) is 13.3. The molecule has 19 heavy (non-hydrogen) atoms. The van der Waals surface area contributed by atoms with Gasteiger partial charge in [0.2, 0.25) is 0 Å². The highest BCUT2D eigenvalue weighted by Gasteiger charge is 2.00. The molecular weight excluding hydrogens is 236 g/mol. The van der Waals surface area contributed by atoms with E-state index in [2.05, 4.69) is 23.5 Å². The quantitative estimate of drug-likeness (QED) is 0.615. The number of methoxy groups -OCH3 is 1. The molecule has 0 aromatic heterocycles. The first-order valence-electron chi connectivity index (χ1n) is 6.51. The summed E-state index contributed by atoms with van der Waals surface area (Å²) in [6.07, 6.45) is 2.08. The van der Waals surface area contributed by atoms with E-state index in [0.29, 0.717) is 5.69 Å². The molecule has 0 saturated carbocycles. The van der Waals surface area contributed by atoms with Gasteiger partial charge in [-0.05, 0) is 42.7 Å². The normalized spacial score (nSPS) is 10.2. The zero-order chi connectivity index (χ0) is 13.5. The van der Waals surface area contributed by atoms with Gasteiger partial charge in [-0.1, -0.05) is 24.3 Å². The second kappa shape index (κ2) is 6.69. The van der Waals surface area contributed by atoms with Crippen LogP contribution in [0.2, 0.25) is 0 Å². The number of aryl methyl sites for hydroxylation is 1. The lowest BCUT2D eigenvalue weighted by molar-refractivity contribution is 0.417. The lowest BCUT2D eigenvalue weighted by Crippen LogP contribution is -2.03. The van der Waals surface area contributed by atoms with Gasteiger partial charge in [0.1, 0.15) is 5.75 Å². The molecule has 0 radical (unpaired) electrons. The molecule has 0 aliphatic rings. The van der Waals surface area contributed by atoms with Crippen LogP contribution in [0.25, 0.3) is 0 Å². The van der Waals surface area contributed by atoms with E-state index in [-0.39, 0.29) is 0 Å². The lowest BCUT2D eigenvalue weighted by Gasteiger charge is -2.08. The molecule has 2 rings (SSSR count). The van der Waals surface area contributed by atoms with Crippen molar-refractivity contribution in [3.8, 4) is 5.75 Å². The summed E-state index contributed by atoms with van der Waals surface area (Å²) in [5, 5.41) is 3.40. The van der Waals surface area contributed by atoms with E-state index in [1.54, 1.807) is 7.11 Å². The summed E-state index contributed by atoms with van der Waals surface area (Å²) in [5.74, 6) is 0.742. The number of hydrogen-bond acceptors (Lipinski definition) is 3. The molecule has 0 aliphatic carbocycles. The molecule has 0 fully saturated rings. The Morgan fingerprint density at radius 2 is 1.89 bits per heavy atom. The number of rotatable bonds is 6. The molecule has 3 N–H and O–H groups in total. The minimum atomic E-state index is 0.705. The Kier molecular flexibility index (Phi) is 4.67. The molecule has 0 saturated heterocycles. The van der Waals surface area contributed by atoms with Crippen molar-refractivity contribution in [2.75, 3.05) is 24.7 Å². The SMILES string of the molecule is COc1ccc(CCCNc2ccccc2)cc1N. The van der Waals surface area contributed by atoms with Crippen LogP contribution in [0.5, 0.6) is 5.75 Å². The smallest absolute Gasteiger partial charge is 0.141 e. The molecule has 0 amide bonds. The van der Waals surface area contributed by atoms with Gasteiger partial charge in [-0.15, -0.1) is 0 Å². The third-order valence-corrected chi connectivity index (χ3v) is 3.04. The number of hydrogen-bond donors (Lipinski definition) is 2. The summed E-state index contributed by atoms with van der Waals surface area (Å²) >= 11 is 0. The molecular formula is C16H20N2O. The molecule has 100 valence electrons. The van der Waals surface area contributed by atoms with E-state index in [1.807, 2.05) is 30.3 Å². The van der Waals surface area contributed by atoms with Gasteiger partial charge >= 0.3 is 0 Å². The Labute approximate surface area is 114 Å². The van der Waals surface area contributed by atoms with E-state index in [9.17, 15) is 0 Å². The number of ether oxygens (including phenoxy) is 1. The number of nitrogens with two attached hydrogens (primary N) is 1. The Hall–Kier alpha value is -2.16. The molecule has 3 nitrogen and oxygen atoms in total. The van der Waals surface area contributed by atoms with Crippen LogP contribution in [0.3, 0.4) is 0 Å². The van der Waals surface area contributed by atoms with E-state index in [1.165, 1.54) is 5.56 Å². The van der Waals surface area contributed by atoms with Gasteiger partial charge in [-0.3, -0.25) is 0 Å². The summed E-state index contributed by atoms with van der Waals surface area (Å²) < 4.78 is 5.15. The summed E-state index contributed by atoms with van der Waals surface area (Å²) in [4.78, 5) is 0. The molecule has 2 aromatic rings. The van der Waals surface area contributed by atoms with Crippen molar-refractivity contribution < 1.29 is 4.74 Å². The third kappa shape index (κ3) is 3.91. The summed E-state index contributed by atoms with van der Waals surface area (Å²) in [5.41, 5.74) is 9.00. The molecule has 2 aromatic carbocycles. The number of nitrogen functional groups attached to an aromatic ring is 1. The van der Waals surface area contributed by atoms with Crippen molar-refractivity contribution in [2.45, 2.75) is 12.8 Å². The zero-order valence-corrected chi connectivity index (χ0v) is 11.2. The summed E-state index contributed by atoms with van der Waals surface area (Å²) in [7, 11) is 1.63. The van der Waals surface area contributed by atoms with Crippen molar-refractivity contribution >= 4 is 11.4 Å². The maximum Gasteiger partial charge on any atom is 0.141 e. The average molecular weight is 256 g/mol. The molecule has 0 bridgehead atoms. The molecule has 0 spiro atoms. The van der Waals surface area contributed by atoms with Crippen LogP contribution in [-0.2, 0) is 6.42 Å². The predicted octanol–water partition coefficient (Wildman–Crippen LogP) is 3.32. The highest BCUT2D eigenvalue weighted by Crippen LogP contribution is 2.22. The van der Waals surface area contributed by atoms with Gasteiger partial charge in [0.15, 0.2) is 0 Å². The Morgan fingerprint density at radius 3 is 2.58 bits per heavy atom. The van der Waals surface area contributed by atoms with Crippen LogP contribution in [-0.4, -0.2) is 13.7 Å². The number of para-hydroxylation sites is 1. The molecule has 0 aliphatic heterocycles. The Bertz CT molecular complexity index is 511. The summed E-state index contributed by atoms with van der Waals surface area (Å²) in [6, 6.07) is 16.2. The van der Waals surface area contributed by atoms with Crippen molar-refractivity contribution in [1.29, 1.82) is 0 Å². The first-order chi connectivity index (χ1) is 9.29. The Morgan fingerprint density at radius 1 is 1.11 bits per heavy atom. The topological polar surface area (TPSA) is 47.3 Å². The Balaban J connectivity index is 1.78. The van der Waals surface area contributed by atoms with Gasteiger partial charge < -0.3 is 15.8 Å². The molecule has 0 heterocycles. The molecule has 0 atom stereocenters. The van der Waals surface area contributed by atoms with Crippen LogP contribution in [0, 0.1) is 0 Å². The minimum Gasteiger partial charge on any atom is -0.495 e. The maximum atomic E-state index is 5.89. The number of benzene rings is 2. The van der Waals surface area contributed by atoms with Crippen LogP contribution < -0.4 is 15.8 Å². The van der Waals surface area contributed by atoms with Crippen LogP contribution >= 0.6 is 0 Å². The zero-order valence-electron chi connectivity index (χ0n) is 11.2. The minimum absolute atomic E-state index is 0.705. The van der Waals surface area contributed by atoms with Crippen LogP contribution in [0.4, 0.5) is 11.4 Å². The predicted molar refractivity (Wildman–Crippen MR) is 80.7 cm³/mol. The third-order valence-electron chi connectivity index (χ3n) is 3.04. The highest BCUT2D eigenvalue weighted by atomic mass is 16.5. The maximum absolute atomic E-state index is 5.89. The largest absolute Gasteiger partial charge is 0.495 e. The van der Waals surface area contributed by atoms with E-state index in [0.717, 1.165) is 30.8 Å². The second-order valence-electron chi connectivity index (χ2n) is 4.47. The van der Waals surface area contributed by atoms with E-state index < -0.39 is 0 Å². The summed E-state index contributed by atoms with van der Waals surface area (Å²) in [6.45, 7) is 0.954. The fraction of sp³-hybridized carbons (Fsp3) is 0.250. The second-order valence-corrected chi connectivity index (χ2v) is 4.47. The molecule has 0 unspecified atom stereocenters. The number of nitrogens with one attached hydrogen (secondary N) is 1. The van der Waals surface area contributed by atoms with Gasteiger partial charge in [-0.25, -0.2) is 0 Å².